The Bertz CT molecular complexity index is 189. The summed E-state index contributed by atoms with van der Waals surface area (Å²) in [7, 11) is 0. The van der Waals surface area contributed by atoms with Crippen LogP contribution in [0.3, 0.4) is 0 Å². The van der Waals surface area contributed by atoms with E-state index in [1.807, 2.05) is 0 Å². The first-order chi connectivity index (χ1) is 5.20. The zero-order chi connectivity index (χ0) is 8.69. The molecule has 1 aromatic carbocycles. The molecule has 0 heterocycles. The minimum Gasteiger partial charge on any atom is -0.444 e. The molecule has 0 aliphatic carbocycles. The second-order valence-electron chi connectivity index (χ2n) is 2.06. The van der Waals surface area contributed by atoms with Crippen molar-refractivity contribution in [3.05, 3.63) is 39.9 Å². The third-order valence-electron chi connectivity index (χ3n) is 1.12. The summed E-state index contributed by atoms with van der Waals surface area (Å²) in [6.45, 7) is 2.12. The molecule has 1 rings (SSSR count). The van der Waals surface area contributed by atoms with Crippen LogP contribution in [0.15, 0.2) is 29.6 Å². The first-order valence-electron chi connectivity index (χ1n) is 3.04. The van der Waals surface area contributed by atoms with Gasteiger partial charge >= 0.3 is 65.9 Å². The van der Waals surface area contributed by atoms with Crippen molar-refractivity contribution in [2.45, 2.75) is 6.92 Å². The number of hydrogen-bond donors (Lipinski definition) is 0. The van der Waals surface area contributed by atoms with Crippen molar-refractivity contribution in [3.8, 4) is 0 Å². The van der Waals surface area contributed by atoms with Crippen LogP contribution in [0.5, 0.6) is 0 Å². The fourth-order valence-corrected chi connectivity index (χ4v) is 1.50. The van der Waals surface area contributed by atoms with Gasteiger partial charge in [0, 0.05) is 0 Å². The Kier molecular flexibility index (Phi) is 6.02. The SMILES string of the molecule is Cc1cc[c]([Hg])cc1.O=N[O-]. The molecule has 0 aliphatic heterocycles. The molecule has 0 saturated carbocycles. The largest absolute Gasteiger partial charge is 0.444 e. The second kappa shape index (κ2) is 6.28. The van der Waals surface area contributed by atoms with Gasteiger partial charge in [0.2, 0.25) is 0 Å². The predicted molar refractivity (Wildman–Crippen MR) is 40.0 cm³/mol. The van der Waals surface area contributed by atoms with E-state index in [1.165, 1.54) is 8.64 Å². The summed E-state index contributed by atoms with van der Waals surface area (Å²) in [6.07, 6.45) is 0. The molecule has 0 radical (unpaired) electrons. The van der Waals surface area contributed by atoms with Crippen LogP contribution in [-0.2, 0) is 26.1 Å². The van der Waals surface area contributed by atoms with Gasteiger partial charge in [0.1, 0.15) is 0 Å². The minimum absolute atomic E-state index is 0.802. The van der Waals surface area contributed by atoms with Gasteiger partial charge in [-0.2, -0.15) is 0 Å². The van der Waals surface area contributed by atoms with Crippen LogP contribution < -0.4 is 3.07 Å². The maximum absolute atomic E-state index is 8.00. The van der Waals surface area contributed by atoms with Crippen molar-refractivity contribution < 1.29 is 26.1 Å². The average molecular weight is 338 g/mol. The first-order valence-corrected chi connectivity index (χ1v) is 5.79. The molecule has 0 N–H and O–H groups in total. The van der Waals surface area contributed by atoms with Crippen molar-refractivity contribution in [2.75, 3.05) is 0 Å². The third-order valence-corrected chi connectivity index (χ3v) is 2.95. The van der Waals surface area contributed by atoms with E-state index < -0.39 is 0 Å². The van der Waals surface area contributed by atoms with Gasteiger partial charge in [-0.3, -0.25) is 0 Å². The van der Waals surface area contributed by atoms with E-state index in [2.05, 4.69) is 31.2 Å². The summed E-state index contributed by atoms with van der Waals surface area (Å²) >= 11 is 0.802. The van der Waals surface area contributed by atoms with Crippen LogP contribution in [0.25, 0.3) is 0 Å². The van der Waals surface area contributed by atoms with Crippen molar-refractivity contribution in [2.24, 2.45) is 5.34 Å². The monoisotopic (exact) mass is 339 g/mol. The second-order valence-corrected chi connectivity index (χ2v) is 5.23. The normalized spacial score (nSPS) is 7.91. The summed E-state index contributed by atoms with van der Waals surface area (Å²) in [6, 6.07) is 8.75. The Morgan fingerprint density at radius 3 is 2.00 bits per heavy atom. The number of benzene rings is 1. The van der Waals surface area contributed by atoms with E-state index in [4.69, 9.17) is 10.1 Å². The van der Waals surface area contributed by atoms with Gasteiger partial charge in [0.25, 0.3) is 0 Å². The van der Waals surface area contributed by atoms with Gasteiger partial charge in [-0.15, -0.1) is 5.34 Å². The van der Waals surface area contributed by atoms with Crippen LogP contribution in [0.1, 0.15) is 5.56 Å². The topological polar surface area (TPSA) is 52.5 Å². The standard InChI is InChI=1S/C7H7.Hg.HNO2/c1-7-5-3-2-4-6-7;;2-1-3/h3-6H,1H3;;(H,2,3)/p-1. The van der Waals surface area contributed by atoms with E-state index in [0.29, 0.717) is 0 Å². The molecule has 0 aliphatic rings. The Labute approximate surface area is 81.3 Å². The molecule has 0 bridgehead atoms. The van der Waals surface area contributed by atoms with Crippen molar-refractivity contribution in [1.82, 2.24) is 0 Å². The first kappa shape index (κ1) is 10.6. The fourth-order valence-electron chi connectivity index (χ4n) is 0.588. The van der Waals surface area contributed by atoms with Crippen molar-refractivity contribution in [3.63, 3.8) is 0 Å². The Balaban J connectivity index is 0.000000292. The van der Waals surface area contributed by atoms with Gasteiger partial charge in [-0.25, -0.2) is 0 Å². The minimum atomic E-state index is 0.802. The molecular weight excluding hydrogens is 331 g/mol. The molecule has 3 nitrogen and oxygen atoms in total. The molecule has 1 aromatic rings. The Morgan fingerprint density at radius 2 is 1.73 bits per heavy atom. The zero-order valence-electron chi connectivity index (χ0n) is 6.28. The van der Waals surface area contributed by atoms with Crippen molar-refractivity contribution >= 4 is 3.07 Å². The predicted octanol–water partition coefficient (Wildman–Crippen LogP) is 1.42. The average Bonchev–Trinajstić information content (AvgIpc) is 1.97. The molecule has 0 saturated heterocycles. The summed E-state index contributed by atoms with van der Waals surface area (Å²) < 4.78 is 1.52. The molecule has 55 valence electrons. The quantitative estimate of drug-likeness (QED) is 0.408. The Hall–Kier alpha value is -0.445. The molecule has 11 heavy (non-hydrogen) atoms. The smallest absolute Gasteiger partial charge is 0.112 e. The molecule has 0 spiro atoms. The van der Waals surface area contributed by atoms with Gasteiger partial charge in [-0.05, 0) is 0 Å². The molecule has 0 unspecified atom stereocenters. The molecule has 0 atom stereocenters. The van der Waals surface area contributed by atoms with E-state index in [1.54, 1.807) is 0 Å². The number of rotatable bonds is 0. The summed E-state index contributed by atoms with van der Waals surface area (Å²) in [5, 5.41) is 9.00. The summed E-state index contributed by atoms with van der Waals surface area (Å²) in [5.41, 5.74) is 1.36. The number of nitrogens with zero attached hydrogens (tertiary/aromatic N) is 1. The molecular formula is C7H7HgNO2-. The van der Waals surface area contributed by atoms with Gasteiger partial charge in [0.05, 0.1) is 0 Å². The van der Waals surface area contributed by atoms with E-state index in [9.17, 15) is 0 Å². The fraction of sp³-hybridized carbons (Fsp3) is 0.143. The van der Waals surface area contributed by atoms with Crippen LogP contribution in [0, 0.1) is 17.0 Å². The molecule has 0 amide bonds. The molecule has 4 heteroatoms. The summed E-state index contributed by atoms with van der Waals surface area (Å²) in [5.74, 6) is 0. The van der Waals surface area contributed by atoms with Crippen molar-refractivity contribution in [1.29, 1.82) is 0 Å². The van der Waals surface area contributed by atoms with Gasteiger partial charge < -0.3 is 10.1 Å². The van der Waals surface area contributed by atoms with Gasteiger partial charge in [-0.1, -0.05) is 0 Å². The summed E-state index contributed by atoms with van der Waals surface area (Å²) in [4.78, 5) is 8.00. The van der Waals surface area contributed by atoms with E-state index in [-0.39, 0.29) is 0 Å². The molecule has 0 aromatic heterocycles. The van der Waals surface area contributed by atoms with Crippen LogP contribution in [0.4, 0.5) is 0 Å². The third kappa shape index (κ3) is 5.97. The van der Waals surface area contributed by atoms with Gasteiger partial charge in [0.15, 0.2) is 0 Å². The maximum Gasteiger partial charge on any atom is -0.112 e. The Morgan fingerprint density at radius 1 is 1.36 bits per heavy atom. The van der Waals surface area contributed by atoms with E-state index in [0.717, 1.165) is 31.5 Å². The van der Waals surface area contributed by atoms with E-state index >= 15 is 0 Å². The van der Waals surface area contributed by atoms with Crippen LogP contribution in [-0.4, -0.2) is 0 Å². The number of hydrogen-bond acceptors (Lipinski definition) is 3. The van der Waals surface area contributed by atoms with Crippen LogP contribution >= 0.6 is 0 Å². The maximum atomic E-state index is 8.00. The van der Waals surface area contributed by atoms with Crippen LogP contribution in [0.2, 0.25) is 0 Å². The number of aryl methyl sites for hydroxylation is 1. The zero-order valence-corrected chi connectivity index (χ0v) is 11.8. The molecule has 0 fully saturated rings.